The Kier molecular flexibility index (Phi) is 4.29. The van der Waals surface area contributed by atoms with Crippen LogP contribution in [0.1, 0.15) is 12.1 Å². The van der Waals surface area contributed by atoms with Gasteiger partial charge in [0.05, 0.1) is 12.6 Å². The molecule has 7 nitrogen and oxygen atoms in total. The van der Waals surface area contributed by atoms with E-state index >= 15 is 0 Å². The summed E-state index contributed by atoms with van der Waals surface area (Å²) >= 11 is 0. The maximum atomic E-state index is 12.8. The van der Waals surface area contributed by atoms with Gasteiger partial charge in [0.15, 0.2) is 0 Å². The summed E-state index contributed by atoms with van der Waals surface area (Å²) in [6.45, 7) is 0.942. The predicted octanol–water partition coefficient (Wildman–Crippen LogP) is 0.413. The second-order valence-electron chi connectivity index (χ2n) is 5.93. The molecule has 1 saturated heterocycles. The first-order valence-corrected chi connectivity index (χ1v) is 7.62. The van der Waals surface area contributed by atoms with Crippen molar-refractivity contribution in [2.24, 2.45) is 7.05 Å². The number of aliphatic hydroxyl groups excluding tert-OH is 1. The molecule has 2 aromatic heterocycles. The van der Waals surface area contributed by atoms with Gasteiger partial charge in [-0.3, -0.25) is 4.79 Å². The second-order valence-corrected chi connectivity index (χ2v) is 5.93. The van der Waals surface area contributed by atoms with Crippen LogP contribution in [-0.4, -0.2) is 56.2 Å². The van der Waals surface area contributed by atoms with Gasteiger partial charge in [0.1, 0.15) is 18.2 Å². The molecule has 0 aliphatic carbocycles. The third-order valence-corrected chi connectivity index (χ3v) is 4.25. The van der Waals surface area contributed by atoms with E-state index in [1.165, 1.54) is 6.33 Å². The van der Waals surface area contributed by atoms with Crippen LogP contribution in [0.25, 0.3) is 0 Å². The van der Waals surface area contributed by atoms with Crippen molar-refractivity contribution < 1.29 is 9.90 Å². The summed E-state index contributed by atoms with van der Waals surface area (Å²) < 4.78 is 2.00. The van der Waals surface area contributed by atoms with Crippen LogP contribution in [0.15, 0.2) is 36.9 Å². The smallest absolute Gasteiger partial charge is 0.245 e. The first kappa shape index (κ1) is 15.5. The van der Waals surface area contributed by atoms with E-state index in [2.05, 4.69) is 9.97 Å². The van der Waals surface area contributed by atoms with Crippen molar-refractivity contribution in [1.29, 1.82) is 0 Å². The van der Waals surface area contributed by atoms with Crippen LogP contribution in [0, 0.1) is 0 Å². The fraction of sp³-hybridized carbons (Fsp3) is 0.438. The van der Waals surface area contributed by atoms with Crippen molar-refractivity contribution in [3.05, 3.63) is 42.6 Å². The molecule has 2 aromatic rings. The van der Waals surface area contributed by atoms with Gasteiger partial charge in [-0.05, 0) is 18.2 Å². The maximum absolute atomic E-state index is 12.8. The zero-order valence-corrected chi connectivity index (χ0v) is 13.3. The number of rotatable bonds is 4. The van der Waals surface area contributed by atoms with Crippen LogP contribution in [0.4, 0.5) is 5.82 Å². The Hall–Kier alpha value is -2.41. The van der Waals surface area contributed by atoms with E-state index in [1.807, 2.05) is 34.8 Å². The highest BCUT2D eigenvalue weighted by Crippen LogP contribution is 2.25. The number of nitrogens with zero attached hydrogens (tertiary/aromatic N) is 5. The van der Waals surface area contributed by atoms with Gasteiger partial charge in [-0.15, -0.1) is 0 Å². The van der Waals surface area contributed by atoms with E-state index in [0.717, 1.165) is 5.69 Å². The van der Waals surface area contributed by atoms with Crippen LogP contribution in [0.2, 0.25) is 0 Å². The van der Waals surface area contributed by atoms with E-state index in [4.69, 9.17) is 0 Å². The highest BCUT2D eigenvalue weighted by atomic mass is 16.3. The number of likely N-dealkylation sites (N-methyl/N-ethyl adjacent to an activating group) is 1. The molecule has 3 heterocycles. The lowest BCUT2D eigenvalue weighted by Gasteiger charge is -2.28. The van der Waals surface area contributed by atoms with Gasteiger partial charge in [-0.25, -0.2) is 9.97 Å². The number of aryl methyl sites for hydroxylation is 1. The van der Waals surface area contributed by atoms with E-state index < -0.39 is 12.1 Å². The van der Waals surface area contributed by atoms with Gasteiger partial charge in [0.25, 0.3) is 0 Å². The lowest BCUT2D eigenvalue weighted by atomic mass is 10.1. The lowest BCUT2D eigenvalue weighted by Crippen LogP contribution is -2.44. The molecule has 0 saturated carbocycles. The fourth-order valence-electron chi connectivity index (χ4n) is 2.99. The zero-order valence-electron chi connectivity index (χ0n) is 13.3. The van der Waals surface area contributed by atoms with E-state index in [9.17, 15) is 9.90 Å². The van der Waals surface area contributed by atoms with Crippen molar-refractivity contribution in [2.75, 3.05) is 18.5 Å². The Morgan fingerprint density at radius 2 is 2.30 bits per heavy atom. The molecule has 1 N–H and O–H groups in total. The summed E-state index contributed by atoms with van der Waals surface area (Å²) in [5.74, 6) is 0.656. The molecule has 23 heavy (non-hydrogen) atoms. The Balaban J connectivity index is 1.75. The number of carbonyl (C=O) groups is 1. The van der Waals surface area contributed by atoms with Crippen LogP contribution in [0.3, 0.4) is 0 Å². The molecular weight excluding hydrogens is 294 g/mol. The van der Waals surface area contributed by atoms with Crippen molar-refractivity contribution in [3.8, 4) is 0 Å². The molecule has 7 heteroatoms. The highest BCUT2D eigenvalue weighted by Gasteiger charge is 2.38. The minimum Gasteiger partial charge on any atom is -0.391 e. The van der Waals surface area contributed by atoms with Crippen LogP contribution < -0.4 is 4.90 Å². The molecule has 0 aromatic carbocycles. The molecule has 2 atom stereocenters. The monoisotopic (exact) mass is 315 g/mol. The minimum absolute atomic E-state index is 0.0126. The first-order chi connectivity index (χ1) is 11.1. The van der Waals surface area contributed by atoms with Crippen LogP contribution in [0.5, 0.6) is 0 Å². The predicted molar refractivity (Wildman–Crippen MR) is 85.7 cm³/mol. The second kappa shape index (κ2) is 6.37. The molecule has 0 radical (unpaired) electrons. The quantitative estimate of drug-likeness (QED) is 0.885. The average Bonchev–Trinajstić information content (AvgIpc) is 3.13. The lowest BCUT2D eigenvalue weighted by molar-refractivity contribution is -0.131. The molecule has 2 unspecified atom stereocenters. The van der Waals surface area contributed by atoms with Gasteiger partial charge in [0, 0.05) is 45.1 Å². The molecule has 0 bridgehead atoms. The molecule has 1 amide bonds. The summed E-state index contributed by atoms with van der Waals surface area (Å²) in [4.78, 5) is 24.5. The van der Waals surface area contributed by atoms with E-state index in [-0.39, 0.29) is 5.91 Å². The molecule has 1 aliphatic heterocycles. The molecule has 0 spiro atoms. The SMILES string of the molecule is CN(Cc1cccn1C)C(=O)C1CC(O)CN1c1ccncn1. The van der Waals surface area contributed by atoms with Gasteiger partial charge in [-0.1, -0.05) is 0 Å². The van der Waals surface area contributed by atoms with Crippen molar-refractivity contribution in [3.63, 3.8) is 0 Å². The van der Waals surface area contributed by atoms with Gasteiger partial charge in [0.2, 0.25) is 5.91 Å². The maximum Gasteiger partial charge on any atom is 0.245 e. The van der Waals surface area contributed by atoms with E-state index in [1.54, 1.807) is 24.2 Å². The molecule has 1 aliphatic rings. The number of amides is 1. The van der Waals surface area contributed by atoms with Crippen LogP contribution in [-0.2, 0) is 18.4 Å². The summed E-state index contributed by atoms with van der Waals surface area (Å²) in [7, 11) is 3.75. The number of anilines is 1. The number of β-amino-alcohol motifs (C(OH)–C–C–N with tert-alkyl or cyclic N) is 1. The molecular formula is C16H21N5O2. The normalized spacial score (nSPS) is 20.7. The van der Waals surface area contributed by atoms with E-state index in [0.29, 0.717) is 25.3 Å². The molecule has 1 fully saturated rings. The van der Waals surface area contributed by atoms with Crippen LogP contribution >= 0.6 is 0 Å². The van der Waals surface area contributed by atoms with Crippen molar-refractivity contribution in [2.45, 2.75) is 25.1 Å². The Labute approximate surface area is 135 Å². The number of hydrogen-bond acceptors (Lipinski definition) is 5. The summed E-state index contributed by atoms with van der Waals surface area (Å²) in [5.41, 5.74) is 1.06. The third-order valence-electron chi connectivity index (χ3n) is 4.25. The number of aromatic nitrogens is 3. The largest absolute Gasteiger partial charge is 0.391 e. The molecule has 3 rings (SSSR count). The third kappa shape index (κ3) is 3.19. The van der Waals surface area contributed by atoms with Crippen molar-refractivity contribution in [1.82, 2.24) is 19.4 Å². The Morgan fingerprint density at radius 3 is 2.96 bits per heavy atom. The Morgan fingerprint density at radius 1 is 1.48 bits per heavy atom. The summed E-state index contributed by atoms with van der Waals surface area (Å²) in [6.07, 6.45) is 4.94. The number of carbonyl (C=O) groups excluding carboxylic acids is 1. The highest BCUT2D eigenvalue weighted by molar-refractivity contribution is 5.85. The molecule has 122 valence electrons. The topological polar surface area (TPSA) is 74.5 Å². The van der Waals surface area contributed by atoms with Gasteiger partial charge >= 0.3 is 0 Å². The minimum atomic E-state index is -0.526. The number of hydrogen-bond donors (Lipinski definition) is 1. The summed E-state index contributed by atoms with van der Waals surface area (Å²) in [5, 5.41) is 10.0. The summed E-state index contributed by atoms with van der Waals surface area (Å²) in [6, 6.07) is 5.32. The average molecular weight is 315 g/mol. The fourth-order valence-corrected chi connectivity index (χ4v) is 2.99. The standard InChI is InChI=1S/C16H21N5O2/c1-19-7-3-4-12(19)9-20(2)16(23)14-8-13(22)10-21(14)15-5-6-17-11-18-15/h3-7,11,13-14,22H,8-10H2,1-2H3. The van der Waals surface area contributed by atoms with Gasteiger partial charge in [-0.2, -0.15) is 0 Å². The number of aliphatic hydroxyl groups is 1. The Bertz CT molecular complexity index is 672. The first-order valence-electron chi connectivity index (χ1n) is 7.62. The van der Waals surface area contributed by atoms with Gasteiger partial charge < -0.3 is 19.5 Å². The zero-order chi connectivity index (χ0) is 16.4. The van der Waals surface area contributed by atoms with Crippen molar-refractivity contribution >= 4 is 11.7 Å².